The Labute approximate surface area is 168 Å². The Balaban J connectivity index is 1.57. The predicted molar refractivity (Wildman–Crippen MR) is 108 cm³/mol. The fraction of sp³-hybridized carbons (Fsp3) is 0.238. The minimum absolute atomic E-state index is 0.0238. The van der Waals surface area contributed by atoms with Crippen molar-refractivity contribution in [2.45, 2.75) is 0 Å². The van der Waals surface area contributed by atoms with Crippen LogP contribution in [-0.4, -0.2) is 59.8 Å². The highest BCUT2D eigenvalue weighted by atomic mass is 16.6. The molecule has 150 valence electrons. The van der Waals surface area contributed by atoms with Crippen LogP contribution in [0.5, 0.6) is 5.75 Å². The molecule has 0 N–H and O–H groups in total. The molecule has 2 amide bonds. The number of ether oxygens (including phenoxy) is 1. The summed E-state index contributed by atoms with van der Waals surface area (Å²) >= 11 is 0. The number of piperazine rings is 1. The minimum Gasteiger partial charge on any atom is -0.497 e. The Kier molecular flexibility index (Phi) is 6.23. The molecule has 1 aliphatic heterocycles. The van der Waals surface area contributed by atoms with Crippen molar-refractivity contribution in [3.63, 3.8) is 0 Å². The van der Waals surface area contributed by atoms with Crippen LogP contribution < -0.4 is 4.74 Å². The molecule has 0 atom stereocenters. The van der Waals surface area contributed by atoms with Gasteiger partial charge in [-0.1, -0.05) is 18.2 Å². The first-order valence-electron chi connectivity index (χ1n) is 9.12. The van der Waals surface area contributed by atoms with E-state index in [1.54, 1.807) is 59.4 Å². The first-order chi connectivity index (χ1) is 14.0. The Bertz CT molecular complexity index is 949. The number of non-ortho nitro benzene ring substituents is 1. The maximum absolute atomic E-state index is 12.6. The third kappa shape index (κ3) is 4.98. The Morgan fingerprint density at radius 2 is 1.72 bits per heavy atom. The molecule has 2 aromatic carbocycles. The summed E-state index contributed by atoms with van der Waals surface area (Å²) in [5, 5.41) is 10.8. The number of methoxy groups -OCH3 is 1. The molecule has 1 fully saturated rings. The number of carbonyl (C=O) groups is 2. The van der Waals surface area contributed by atoms with Crippen molar-refractivity contribution in [2.75, 3.05) is 33.3 Å². The second-order valence-electron chi connectivity index (χ2n) is 6.53. The minimum atomic E-state index is -0.474. The molecule has 1 saturated heterocycles. The summed E-state index contributed by atoms with van der Waals surface area (Å²) in [7, 11) is 1.55. The molecule has 0 aliphatic carbocycles. The number of nitro benzene ring substituents is 1. The van der Waals surface area contributed by atoms with Gasteiger partial charge in [-0.2, -0.15) is 0 Å². The first-order valence-corrected chi connectivity index (χ1v) is 9.12. The number of rotatable bonds is 5. The second kappa shape index (κ2) is 9.01. The zero-order chi connectivity index (χ0) is 20.8. The maximum Gasteiger partial charge on any atom is 0.270 e. The summed E-state index contributed by atoms with van der Waals surface area (Å²) in [5.74, 6) is 0.337. The van der Waals surface area contributed by atoms with E-state index in [0.29, 0.717) is 43.1 Å². The van der Waals surface area contributed by atoms with E-state index in [4.69, 9.17) is 4.74 Å². The molecule has 8 nitrogen and oxygen atoms in total. The quantitative estimate of drug-likeness (QED) is 0.441. The molecule has 3 rings (SSSR count). The van der Waals surface area contributed by atoms with E-state index >= 15 is 0 Å². The lowest BCUT2D eigenvalue weighted by atomic mass is 10.1. The Morgan fingerprint density at radius 3 is 2.41 bits per heavy atom. The van der Waals surface area contributed by atoms with E-state index < -0.39 is 4.92 Å². The maximum atomic E-state index is 12.6. The van der Waals surface area contributed by atoms with Crippen molar-refractivity contribution >= 4 is 23.6 Å². The molecular weight excluding hydrogens is 374 g/mol. The van der Waals surface area contributed by atoms with Gasteiger partial charge in [0.15, 0.2) is 0 Å². The smallest absolute Gasteiger partial charge is 0.270 e. The highest BCUT2D eigenvalue weighted by Gasteiger charge is 2.24. The average molecular weight is 395 g/mol. The van der Waals surface area contributed by atoms with Crippen LogP contribution in [0.4, 0.5) is 5.69 Å². The first kappa shape index (κ1) is 20.1. The van der Waals surface area contributed by atoms with Crippen LogP contribution >= 0.6 is 0 Å². The number of nitrogens with zero attached hydrogens (tertiary/aromatic N) is 3. The Hall–Kier alpha value is -3.68. The lowest BCUT2D eigenvalue weighted by Gasteiger charge is -2.34. The van der Waals surface area contributed by atoms with Gasteiger partial charge in [-0.3, -0.25) is 19.7 Å². The Morgan fingerprint density at radius 1 is 1.03 bits per heavy atom. The summed E-state index contributed by atoms with van der Waals surface area (Å²) in [5.41, 5.74) is 1.11. The standard InChI is InChI=1S/C21H21N3O5/c1-29-19-7-3-5-17(15-19)21(26)23-12-10-22(11-13-23)20(25)9-8-16-4-2-6-18(14-16)24(27)28/h2-9,14-15H,10-13H2,1H3. The van der Waals surface area contributed by atoms with Gasteiger partial charge >= 0.3 is 0 Å². The van der Waals surface area contributed by atoms with Gasteiger partial charge in [-0.05, 0) is 29.8 Å². The topological polar surface area (TPSA) is 93.0 Å². The number of carbonyl (C=O) groups excluding carboxylic acids is 2. The molecule has 0 saturated carbocycles. The second-order valence-corrected chi connectivity index (χ2v) is 6.53. The van der Waals surface area contributed by atoms with Crippen molar-refractivity contribution in [1.82, 2.24) is 9.80 Å². The van der Waals surface area contributed by atoms with Gasteiger partial charge in [-0.15, -0.1) is 0 Å². The van der Waals surface area contributed by atoms with E-state index in [-0.39, 0.29) is 17.5 Å². The molecule has 29 heavy (non-hydrogen) atoms. The van der Waals surface area contributed by atoms with Gasteiger partial charge in [0.2, 0.25) is 5.91 Å². The molecule has 0 bridgehead atoms. The van der Waals surface area contributed by atoms with E-state index in [2.05, 4.69) is 0 Å². The molecule has 2 aromatic rings. The summed E-state index contributed by atoms with van der Waals surface area (Å²) in [6.45, 7) is 1.72. The third-order valence-corrected chi connectivity index (χ3v) is 4.69. The highest BCUT2D eigenvalue weighted by Crippen LogP contribution is 2.17. The molecule has 1 aliphatic rings. The number of hydrogen-bond donors (Lipinski definition) is 0. The third-order valence-electron chi connectivity index (χ3n) is 4.69. The fourth-order valence-corrected chi connectivity index (χ4v) is 3.08. The van der Waals surface area contributed by atoms with Gasteiger partial charge in [0, 0.05) is 50.0 Å². The summed E-state index contributed by atoms with van der Waals surface area (Å²) < 4.78 is 5.16. The zero-order valence-corrected chi connectivity index (χ0v) is 16.0. The highest BCUT2D eigenvalue weighted by molar-refractivity contribution is 5.95. The molecular formula is C21H21N3O5. The molecule has 0 unspecified atom stereocenters. The lowest BCUT2D eigenvalue weighted by Crippen LogP contribution is -2.50. The summed E-state index contributed by atoms with van der Waals surface area (Å²) in [4.78, 5) is 38.8. The predicted octanol–water partition coefficient (Wildman–Crippen LogP) is 2.60. The SMILES string of the molecule is COc1cccc(C(=O)N2CCN(C(=O)C=Cc3cccc([N+](=O)[O-])c3)CC2)c1. The number of amides is 2. The lowest BCUT2D eigenvalue weighted by molar-refractivity contribution is -0.384. The van der Waals surface area contributed by atoms with E-state index in [9.17, 15) is 19.7 Å². The largest absolute Gasteiger partial charge is 0.497 e. The molecule has 8 heteroatoms. The zero-order valence-electron chi connectivity index (χ0n) is 16.0. The van der Waals surface area contributed by atoms with Gasteiger partial charge in [0.25, 0.3) is 11.6 Å². The van der Waals surface area contributed by atoms with Crippen LogP contribution in [0.25, 0.3) is 6.08 Å². The average Bonchev–Trinajstić information content (AvgIpc) is 2.77. The van der Waals surface area contributed by atoms with Gasteiger partial charge in [0.1, 0.15) is 5.75 Å². The summed E-state index contributed by atoms with van der Waals surface area (Å²) in [6.07, 6.45) is 2.96. The van der Waals surface area contributed by atoms with Crippen molar-refractivity contribution in [3.05, 3.63) is 75.8 Å². The number of nitro groups is 1. The van der Waals surface area contributed by atoms with Crippen molar-refractivity contribution < 1.29 is 19.2 Å². The van der Waals surface area contributed by atoms with Crippen LogP contribution in [0.3, 0.4) is 0 Å². The van der Waals surface area contributed by atoms with Gasteiger partial charge in [-0.25, -0.2) is 0 Å². The van der Waals surface area contributed by atoms with Gasteiger partial charge in [0.05, 0.1) is 12.0 Å². The monoisotopic (exact) mass is 395 g/mol. The fourth-order valence-electron chi connectivity index (χ4n) is 3.08. The van der Waals surface area contributed by atoms with E-state index in [0.717, 1.165) is 0 Å². The van der Waals surface area contributed by atoms with E-state index in [1.807, 2.05) is 0 Å². The molecule has 0 spiro atoms. The summed E-state index contributed by atoms with van der Waals surface area (Å²) in [6, 6.07) is 13.1. The van der Waals surface area contributed by atoms with E-state index in [1.165, 1.54) is 18.2 Å². The number of benzene rings is 2. The van der Waals surface area contributed by atoms with Gasteiger partial charge < -0.3 is 14.5 Å². The normalized spacial score (nSPS) is 14.1. The van der Waals surface area contributed by atoms with Crippen molar-refractivity contribution in [3.8, 4) is 5.75 Å². The number of hydrogen-bond acceptors (Lipinski definition) is 5. The van der Waals surface area contributed by atoms with Crippen LogP contribution in [0, 0.1) is 10.1 Å². The van der Waals surface area contributed by atoms with Crippen molar-refractivity contribution in [1.29, 1.82) is 0 Å². The molecule has 1 heterocycles. The van der Waals surface area contributed by atoms with Crippen LogP contribution in [-0.2, 0) is 4.79 Å². The van der Waals surface area contributed by atoms with Crippen LogP contribution in [0.1, 0.15) is 15.9 Å². The van der Waals surface area contributed by atoms with Crippen molar-refractivity contribution in [2.24, 2.45) is 0 Å². The van der Waals surface area contributed by atoms with Crippen LogP contribution in [0.2, 0.25) is 0 Å². The molecule has 0 radical (unpaired) electrons. The molecule has 0 aromatic heterocycles. The van der Waals surface area contributed by atoms with Crippen LogP contribution in [0.15, 0.2) is 54.6 Å².